The van der Waals surface area contributed by atoms with Crippen LogP contribution in [0.5, 0.6) is 5.75 Å². The lowest BCUT2D eigenvalue weighted by atomic mass is 10.1. The van der Waals surface area contributed by atoms with E-state index in [0.717, 1.165) is 21.7 Å². The summed E-state index contributed by atoms with van der Waals surface area (Å²) in [6.07, 6.45) is 1.08. The lowest BCUT2D eigenvalue weighted by molar-refractivity contribution is -0.121. The predicted octanol–water partition coefficient (Wildman–Crippen LogP) is 2.09. The molecule has 0 unspecified atom stereocenters. The van der Waals surface area contributed by atoms with Crippen molar-refractivity contribution >= 4 is 15.9 Å². The molecule has 2 aromatic carbocycles. The number of nitrogens with zero attached hydrogens (tertiary/aromatic N) is 1. The van der Waals surface area contributed by atoms with E-state index >= 15 is 0 Å². The van der Waals surface area contributed by atoms with Gasteiger partial charge in [-0.1, -0.05) is 29.8 Å². The van der Waals surface area contributed by atoms with Gasteiger partial charge in [0.15, 0.2) is 0 Å². The van der Waals surface area contributed by atoms with Gasteiger partial charge in [0.2, 0.25) is 15.9 Å². The van der Waals surface area contributed by atoms with Crippen molar-refractivity contribution in [3.63, 3.8) is 0 Å². The summed E-state index contributed by atoms with van der Waals surface area (Å²) < 4.78 is 43.2. The second-order valence-electron chi connectivity index (χ2n) is 6.17. The second-order valence-corrected chi connectivity index (χ2v) is 8.15. The number of carbonyl (C=O) groups is 1. The first-order chi connectivity index (χ1) is 12.7. The molecule has 1 amide bonds. The van der Waals surface area contributed by atoms with Crippen LogP contribution >= 0.6 is 0 Å². The molecule has 0 heterocycles. The summed E-state index contributed by atoms with van der Waals surface area (Å²) >= 11 is 0. The van der Waals surface area contributed by atoms with E-state index in [0.29, 0.717) is 5.75 Å². The molecule has 2 aromatic rings. The number of hydrogen-bond acceptors (Lipinski definition) is 4. The van der Waals surface area contributed by atoms with Crippen LogP contribution in [0.4, 0.5) is 4.39 Å². The van der Waals surface area contributed by atoms with Crippen LogP contribution in [0.1, 0.15) is 11.1 Å². The molecule has 2 rings (SSSR count). The van der Waals surface area contributed by atoms with Crippen molar-refractivity contribution in [1.82, 2.24) is 9.62 Å². The van der Waals surface area contributed by atoms with Crippen LogP contribution in [0.15, 0.2) is 48.5 Å². The van der Waals surface area contributed by atoms with Crippen LogP contribution in [-0.2, 0) is 21.4 Å². The minimum atomic E-state index is -3.54. The highest BCUT2D eigenvalue weighted by molar-refractivity contribution is 7.88. The highest BCUT2D eigenvalue weighted by atomic mass is 32.2. The third kappa shape index (κ3) is 7.36. The fraction of sp³-hybridized carbons (Fsp3) is 0.316. The zero-order valence-electron chi connectivity index (χ0n) is 15.3. The number of ether oxygens (including phenoxy) is 1. The Hall–Kier alpha value is -2.45. The summed E-state index contributed by atoms with van der Waals surface area (Å²) in [7, 11) is -3.54. The second kappa shape index (κ2) is 9.48. The Morgan fingerprint density at radius 3 is 2.33 bits per heavy atom. The van der Waals surface area contributed by atoms with Crippen molar-refractivity contribution in [2.45, 2.75) is 13.5 Å². The molecule has 0 fully saturated rings. The molecule has 8 heteroatoms. The van der Waals surface area contributed by atoms with Crippen molar-refractivity contribution in [3.8, 4) is 5.75 Å². The largest absolute Gasteiger partial charge is 0.492 e. The molecule has 0 aromatic heterocycles. The van der Waals surface area contributed by atoms with Gasteiger partial charge in [-0.2, -0.15) is 4.31 Å². The topological polar surface area (TPSA) is 75.7 Å². The lowest BCUT2D eigenvalue weighted by Crippen LogP contribution is -2.40. The van der Waals surface area contributed by atoms with Crippen LogP contribution in [-0.4, -0.2) is 44.6 Å². The Morgan fingerprint density at radius 2 is 1.74 bits per heavy atom. The van der Waals surface area contributed by atoms with Gasteiger partial charge in [-0.05, 0) is 36.8 Å². The van der Waals surface area contributed by atoms with E-state index in [2.05, 4.69) is 5.32 Å². The van der Waals surface area contributed by atoms with Gasteiger partial charge in [-0.25, -0.2) is 12.8 Å². The Kier molecular flexibility index (Phi) is 7.32. The molecule has 0 spiro atoms. The maximum absolute atomic E-state index is 12.8. The molecule has 0 saturated carbocycles. The Labute approximate surface area is 159 Å². The lowest BCUT2D eigenvalue weighted by Gasteiger charge is -2.19. The molecular formula is C19H23FN2O4S. The van der Waals surface area contributed by atoms with Crippen LogP contribution in [0, 0.1) is 12.7 Å². The van der Waals surface area contributed by atoms with E-state index in [1.54, 1.807) is 0 Å². The van der Waals surface area contributed by atoms with Gasteiger partial charge in [0, 0.05) is 6.54 Å². The van der Waals surface area contributed by atoms with Gasteiger partial charge >= 0.3 is 0 Å². The number of rotatable bonds is 9. The predicted molar refractivity (Wildman–Crippen MR) is 101 cm³/mol. The fourth-order valence-corrected chi connectivity index (χ4v) is 3.03. The van der Waals surface area contributed by atoms with E-state index in [-0.39, 0.29) is 32.1 Å². The number of carbonyl (C=O) groups excluding carboxylic acids is 1. The van der Waals surface area contributed by atoms with E-state index < -0.39 is 15.9 Å². The molecule has 0 atom stereocenters. The molecule has 0 bridgehead atoms. The SMILES string of the molecule is Cc1ccc(CN(CC(=O)NCCOc2ccc(F)cc2)S(C)(=O)=O)cc1. The summed E-state index contributed by atoms with van der Waals surface area (Å²) in [5, 5.41) is 2.62. The Balaban J connectivity index is 1.82. The number of benzene rings is 2. The van der Waals surface area contributed by atoms with E-state index in [1.165, 1.54) is 24.3 Å². The standard InChI is InChI=1S/C19H23FN2O4S/c1-15-3-5-16(6-4-15)13-22(27(2,24)25)14-19(23)21-11-12-26-18-9-7-17(20)8-10-18/h3-10H,11-14H2,1-2H3,(H,21,23). The molecule has 0 aliphatic rings. The Bertz CT molecular complexity index is 852. The fourth-order valence-electron chi connectivity index (χ4n) is 2.29. The highest BCUT2D eigenvalue weighted by Crippen LogP contribution is 2.11. The zero-order chi connectivity index (χ0) is 19.9. The first-order valence-electron chi connectivity index (χ1n) is 8.40. The monoisotopic (exact) mass is 394 g/mol. The maximum Gasteiger partial charge on any atom is 0.235 e. The third-order valence-electron chi connectivity index (χ3n) is 3.78. The average molecular weight is 394 g/mol. The van der Waals surface area contributed by atoms with Crippen LogP contribution < -0.4 is 10.1 Å². The number of sulfonamides is 1. The third-order valence-corrected chi connectivity index (χ3v) is 4.97. The average Bonchev–Trinajstić information content (AvgIpc) is 2.61. The quantitative estimate of drug-likeness (QED) is 0.661. The minimum Gasteiger partial charge on any atom is -0.492 e. The van der Waals surface area contributed by atoms with Gasteiger partial charge in [0.25, 0.3) is 0 Å². The number of amides is 1. The van der Waals surface area contributed by atoms with Crippen molar-refractivity contribution in [2.24, 2.45) is 0 Å². The first kappa shape index (κ1) is 20.9. The van der Waals surface area contributed by atoms with Gasteiger partial charge in [0.1, 0.15) is 18.2 Å². The number of halogens is 1. The van der Waals surface area contributed by atoms with Gasteiger partial charge < -0.3 is 10.1 Å². The molecule has 27 heavy (non-hydrogen) atoms. The van der Waals surface area contributed by atoms with Crippen LogP contribution in [0.2, 0.25) is 0 Å². The summed E-state index contributed by atoms with van der Waals surface area (Å²) in [6.45, 7) is 2.19. The van der Waals surface area contributed by atoms with Gasteiger partial charge in [-0.3, -0.25) is 4.79 Å². The zero-order valence-corrected chi connectivity index (χ0v) is 16.1. The molecule has 146 valence electrons. The minimum absolute atomic E-state index is 0.124. The van der Waals surface area contributed by atoms with Gasteiger partial charge in [0.05, 0.1) is 19.3 Å². The number of aryl methyl sites for hydroxylation is 1. The molecule has 6 nitrogen and oxygen atoms in total. The summed E-state index contributed by atoms with van der Waals surface area (Å²) in [5.41, 5.74) is 1.88. The van der Waals surface area contributed by atoms with E-state index in [4.69, 9.17) is 4.74 Å². The molecule has 0 aliphatic carbocycles. The molecule has 1 N–H and O–H groups in total. The van der Waals surface area contributed by atoms with Crippen molar-refractivity contribution in [2.75, 3.05) is 26.0 Å². The highest BCUT2D eigenvalue weighted by Gasteiger charge is 2.20. The summed E-state index contributed by atoms with van der Waals surface area (Å²) in [6, 6.07) is 13.0. The number of hydrogen-bond donors (Lipinski definition) is 1. The van der Waals surface area contributed by atoms with Gasteiger partial charge in [-0.15, -0.1) is 0 Å². The molecule has 0 aliphatic heterocycles. The summed E-state index contributed by atoms with van der Waals surface area (Å²) in [5.74, 6) is -0.289. The molecule has 0 radical (unpaired) electrons. The molecule has 0 saturated heterocycles. The summed E-state index contributed by atoms with van der Waals surface area (Å²) in [4.78, 5) is 12.1. The van der Waals surface area contributed by atoms with Crippen molar-refractivity contribution in [1.29, 1.82) is 0 Å². The van der Waals surface area contributed by atoms with Crippen LogP contribution in [0.3, 0.4) is 0 Å². The van der Waals surface area contributed by atoms with Crippen molar-refractivity contribution in [3.05, 3.63) is 65.5 Å². The molecular weight excluding hydrogens is 371 g/mol. The van der Waals surface area contributed by atoms with Crippen LogP contribution in [0.25, 0.3) is 0 Å². The smallest absolute Gasteiger partial charge is 0.235 e. The number of nitrogens with one attached hydrogen (secondary N) is 1. The van der Waals surface area contributed by atoms with E-state index in [1.807, 2.05) is 31.2 Å². The normalized spacial score (nSPS) is 11.4. The maximum atomic E-state index is 12.8. The van der Waals surface area contributed by atoms with Crippen molar-refractivity contribution < 1.29 is 22.3 Å². The first-order valence-corrected chi connectivity index (χ1v) is 10.2. The van der Waals surface area contributed by atoms with E-state index in [9.17, 15) is 17.6 Å². The Morgan fingerprint density at radius 1 is 1.11 bits per heavy atom.